The van der Waals surface area contributed by atoms with Crippen LogP contribution in [0.4, 0.5) is 0 Å². The summed E-state index contributed by atoms with van der Waals surface area (Å²) in [7, 11) is -3.05. The van der Waals surface area contributed by atoms with Crippen LogP contribution < -0.4 is 5.32 Å². The van der Waals surface area contributed by atoms with Crippen LogP contribution in [0.1, 0.15) is 59.3 Å². The number of hydrogen-bond acceptors (Lipinski definition) is 3. The predicted molar refractivity (Wildman–Crippen MR) is 84.6 cm³/mol. The molecule has 1 N–H and O–H groups in total. The first-order valence-electron chi connectivity index (χ1n) is 8.18. The van der Waals surface area contributed by atoms with Crippen molar-refractivity contribution in [2.24, 2.45) is 17.8 Å². The summed E-state index contributed by atoms with van der Waals surface area (Å²) < 4.78 is 23.6. The Morgan fingerprint density at radius 1 is 1.25 bits per heavy atom. The molecule has 0 saturated heterocycles. The van der Waals surface area contributed by atoms with Crippen molar-refractivity contribution in [3.8, 4) is 0 Å². The van der Waals surface area contributed by atoms with Crippen LogP contribution in [0.15, 0.2) is 0 Å². The van der Waals surface area contributed by atoms with E-state index in [0.717, 1.165) is 37.1 Å². The molecule has 4 heteroatoms. The van der Waals surface area contributed by atoms with Crippen LogP contribution in [0.2, 0.25) is 0 Å². The Balaban J connectivity index is 2.07. The van der Waals surface area contributed by atoms with Crippen LogP contribution in [-0.4, -0.2) is 32.0 Å². The Labute approximate surface area is 124 Å². The fraction of sp³-hybridized carbons (Fsp3) is 1.00. The topological polar surface area (TPSA) is 46.2 Å². The third-order valence-electron chi connectivity index (χ3n) is 5.86. The molecule has 4 atom stereocenters. The quantitative estimate of drug-likeness (QED) is 0.786. The van der Waals surface area contributed by atoms with Crippen LogP contribution in [0.3, 0.4) is 0 Å². The molecule has 0 aliphatic heterocycles. The van der Waals surface area contributed by atoms with Gasteiger partial charge in [-0.2, -0.15) is 0 Å². The lowest BCUT2D eigenvalue weighted by Crippen LogP contribution is -2.52. The highest BCUT2D eigenvalue weighted by atomic mass is 32.2. The van der Waals surface area contributed by atoms with Crippen LogP contribution in [0, 0.1) is 17.8 Å². The van der Waals surface area contributed by atoms with E-state index in [0.29, 0.717) is 0 Å². The molecule has 4 unspecified atom stereocenters. The molecular formula is C16H31NO2S. The maximum atomic E-state index is 12.2. The number of sulfone groups is 1. The van der Waals surface area contributed by atoms with E-state index in [-0.39, 0.29) is 6.04 Å². The maximum Gasteiger partial charge on any atom is 0.154 e. The summed E-state index contributed by atoms with van der Waals surface area (Å²) in [6.45, 7) is 6.82. The normalized spacial score (nSPS) is 31.7. The molecule has 20 heavy (non-hydrogen) atoms. The molecule has 0 heterocycles. The van der Waals surface area contributed by atoms with Gasteiger partial charge in [-0.1, -0.05) is 13.3 Å². The van der Waals surface area contributed by atoms with E-state index in [1.165, 1.54) is 31.9 Å². The molecule has 2 saturated carbocycles. The third-order valence-corrected chi connectivity index (χ3v) is 8.05. The minimum absolute atomic E-state index is 0.0850. The third kappa shape index (κ3) is 3.22. The van der Waals surface area contributed by atoms with Gasteiger partial charge in [0, 0.05) is 12.3 Å². The van der Waals surface area contributed by atoms with E-state index in [9.17, 15) is 8.42 Å². The number of nitrogens with one attached hydrogen (secondary N) is 1. The van der Waals surface area contributed by atoms with Gasteiger partial charge in [-0.25, -0.2) is 8.42 Å². The smallest absolute Gasteiger partial charge is 0.154 e. The predicted octanol–water partition coefficient (Wildman–Crippen LogP) is 3.00. The second-order valence-corrected chi connectivity index (χ2v) is 10.1. The fourth-order valence-electron chi connectivity index (χ4n) is 4.16. The van der Waals surface area contributed by atoms with Gasteiger partial charge in [-0.05, 0) is 70.3 Å². The van der Waals surface area contributed by atoms with E-state index < -0.39 is 14.6 Å². The minimum atomic E-state index is -3.05. The average molecular weight is 301 g/mol. The highest BCUT2D eigenvalue weighted by Crippen LogP contribution is 2.50. The van der Waals surface area contributed by atoms with Crippen molar-refractivity contribution in [1.29, 1.82) is 0 Å². The average Bonchev–Trinajstić information content (AvgIpc) is 2.94. The van der Waals surface area contributed by atoms with Crippen LogP contribution in [0.5, 0.6) is 0 Å². The van der Waals surface area contributed by atoms with Gasteiger partial charge in [-0.3, -0.25) is 0 Å². The highest BCUT2D eigenvalue weighted by molar-refractivity contribution is 7.92. The first kappa shape index (κ1) is 16.3. The van der Waals surface area contributed by atoms with Crippen molar-refractivity contribution in [3.63, 3.8) is 0 Å². The molecule has 0 aromatic heterocycles. The lowest BCUT2D eigenvalue weighted by Gasteiger charge is -2.37. The van der Waals surface area contributed by atoms with Crippen LogP contribution in [0.25, 0.3) is 0 Å². The zero-order chi connectivity index (χ0) is 15.0. The number of fused-ring (bicyclic) bond motifs is 2. The molecule has 2 aliphatic carbocycles. The monoisotopic (exact) mass is 301 g/mol. The van der Waals surface area contributed by atoms with Crippen LogP contribution in [-0.2, 0) is 9.84 Å². The molecule has 3 nitrogen and oxygen atoms in total. The van der Waals surface area contributed by atoms with E-state index in [1.54, 1.807) is 0 Å². The zero-order valence-electron chi connectivity index (χ0n) is 13.5. The van der Waals surface area contributed by atoms with E-state index >= 15 is 0 Å². The molecule has 2 fully saturated rings. The Bertz CT molecular complexity index is 430. The van der Waals surface area contributed by atoms with E-state index in [2.05, 4.69) is 12.2 Å². The maximum absolute atomic E-state index is 12.2. The van der Waals surface area contributed by atoms with Crippen LogP contribution >= 0.6 is 0 Å². The van der Waals surface area contributed by atoms with Crippen molar-refractivity contribution in [2.45, 2.75) is 70.1 Å². The van der Waals surface area contributed by atoms with Gasteiger partial charge >= 0.3 is 0 Å². The van der Waals surface area contributed by atoms with Gasteiger partial charge in [0.2, 0.25) is 0 Å². The molecular weight excluding hydrogens is 270 g/mol. The second-order valence-electron chi connectivity index (χ2n) is 7.55. The van der Waals surface area contributed by atoms with Crippen molar-refractivity contribution >= 4 is 9.84 Å². The molecule has 2 rings (SSSR count). The van der Waals surface area contributed by atoms with Crippen molar-refractivity contribution in [1.82, 2.24) is 5.32 Å². The molecule has 2 aliphatic rings. The van der Waals surface area contributed by atoms with E-state index in [1.807, 2.05) is 13.8 Å². The summed E-state index contributed by atoms with van der Waals surface area (Å²) in [5, 5.41) is 3.52. The second kappa shape index (κ2) is 5.96. The van der Waals surface area contributed by atoms with Gasteiger partial charge in [0.1, 0.15) is 0 Å². The molecule has 0 spiro atoms. The standard InChI is InChI=1S/C16H31NO2S/c1-5-8-17-15(16(2,3)20(4,18)19)11-14-10-12-6-7-13(14)9-12/h12-15,17H,5-11H2,1-4H3. The van der Waals surface area contributed by atoms with Crippen molar-refractivity contribution < 1.29 is 8.42 Å². The first-order valence-corrected chi connectivity index (χ1v) is 10.1. The number of rotatable bonds is 7. The number of hydrogen-bond donors (Lipinski definition) is 1. The summed E-state index contributed by atoms with van der Waals surface area (Å²) >= 11 is 0. The molecule has 2 bridgehead atoms. The first-order chi connectivity index (χ1) is 9.25. The van der Waals surface area contributed by atoms with Gasteiger partial charge in [0.05, 0.1) is 4.75 Å². The van der Waals surface area contributed by atoms with Crippen molar-refractivity contribution in [2.75, 3.05) is 12.8 Å². The molecule has 0 aromatic carbocycles. The largest absolute Gasteiger partial charge is 0.312 e. The molecule has 0 radical (unpaired) electrons. The van der Waals surface area contributed by atoms with Gasteiger partial charge in [0.25, 0.3) is 0 Å². The lowest BCUT2D eigenvalue weighted by atomic mass is 9.81. The summed E-state index contributed by atoms with van der Waals surface area (Å²) in [5.74, 6) is 2.53. The molecule has 118 valence electrons. The summed E-state index contributed by atoms with van der Waals surface area (Å²) in [5.41, 5.74) is 0. The fourth-order valence-corrected chi connectivity index (χ4v) is 4.85. The lowest BCUT2D eigenvalue weighted by molar-refractivity contribution is 0.256. The Morgan fingerprint density at radius 2 is 1.95 bits per heavy atom. The Morgan fingerprint density at radius 3 is 2.40 bits per heavy atom. The van der Waals surface area contributed by atoms with E-state index in [4.69, 9.17) is 0 Å². The van der Waals surface area contributed by atoms with Gasteiger partial charge < -0.3 is 5.32 Å². The summed E-state index contributed by atoms with van der Waals surface area (Å²) in [6.07, 6.45) is 8.96. The Hall–Kier alpha value is -0.0900. The molecule has 0 amide bonds. The zero-order valence-corrected chi connectivity index (χ0v) is 14.3. The Kier molecular flexibility index (Phi) is 4.85. The summed E-state index contributed by atoms with van der Waals surface area (Å²) in [6, 6.07) is 0.0850. The van der Waals surface area contributed by atoms with Gasteiger partial charge in [0.15, 0.2) is 9.84 Å². The SMILES string of the molecule is CCCNC(CC1CC2CCC1C2)C(C)(C)S(C)(=O)=O. The minimum Gasteiger partial charge on any atom is -0.312 e. The summed E-state index contributed by atoms with van der Waals surface area (Å²) in [4.78, 5) is 0. The van der Waals surface area contributed by atoms with Gasteiger partial charge in [-0.15, -0.1) is 0 Å². The van der Waals surface area contributed by atoms with Crippen molar-refractivity contribution in [3.05, 3.63) is 0 Å². The highest BCUT2D eigenvalue weighted by Gasteiger charge is 2.45. The molecule has 0 aromatic rings.